The van der Waals surface area contributed by atoms with Crippen LogP contribution in [0.1, 0.15) is 116 Å². The molecule has 34 heteroatoms. The predicted octanol–water partition coefficient (Wildman–Crippen LogP) is 4.68. The molecule has 4 amide bonds. The summed E-state index contributed by atoms with van der Waals surface area (Å²) in [5, 5.41) is 38.6. The number of carboxylic acids is 3. The Balaban J connectivity index is 0.0000101. The van der Waals surface area contributed by atoms with Crippen molar-refractivity contribution in [2.45, 2.75) is 143 Å². The standard InChI is InChI=1S/C71H99N11O19S3.CH3.Gd/c1-48(102(93,94)95)29-33-82-58-28-22-50-43-52(104(99,100)101)24-26-54(50)67(58)71(4,5)60(82)19-9-6-8-18-59-70(2,3)66-53-25-23-51(103(96,97)98)42-49(53)21-27-57(66)81(59)32-15-7-10-20-61(83)74-30-13-11-16-55(72)69(92)76-56(68(73)91)17-12-14-31-75-62(84)44-77-34-36-78(45-63(85)86)38-40-80(47-65(89)90)41-39-79(37-35-77)46-64(87)88;;/h6,8-9,18-19,21-28,42-43,48,55-56H,7,10-17,20,29-41,44-47,72H2,1-5H3,(H10-,73,74,75,76,83,84,85,86,87,88,89,90,91,92,93,94,95,96,97,98,99,100,101);1H3;/q;-1;/p+1/t48?,55?,56-;;/m0../s1. The number of hydrogen-bond acceptors (Lipinski definition) is 19. The topological polar surface area (TPSA) is 451 Å². The van der Waals surface area contributed by atoms with Crippen LogP contribution in [-0.4, -0.2) is 248 Å². The molecule has 2 unspecified atom stereocenters. The first-order valence-corrected chi connectivity index (χ1v) is 39.2. The molecule has 0 saturated carbocycles. The summed E-state index contributed by atoms with van der Waals surface area (Å²) < 4.78 is 105. The van der Waals surface area contributed by atoms with Gasteiger partial charge >= 0.3 is 17.9 Å². The van der Waals surface area contributed by atoms with Crippen LogP contribution in [0.4, 0.5) is 11.4 Å². The molecule has 3 heterocycles. The molecule has 106 heavy (non-hydrogen) atoms. The first-order valence-electron chi connectivity index (χ1n) is 34.8. The quantitative estimate of drug-likeness (QED) is 0.00968. The number of allylic oxidation sites excluding steroid dienone is 6. The molecule has 0 aromatic heterocycles. The number of unbranched alkanes of at least 4 members (excludes halogenated alkanes) is 4. The van der Waals surface area contributed by atoms with Crippen LogP contribution in [0, 0.1) is 47.4 Å². The molecule has 4 aromatic rings. The molecule has 7 rings (SSSR count). The van der Waals surface area contributed by atoms with Crippen molar-refractivity contribution in [1.82, 2.24) is 35.6 Å². The number of amides is 4. The number of nitrogens with two attached hydrogens (primary N) is 2. The number of nitrogens with one attached hydrogen (secondary N) is 3. The van der Waals surface area contributed by atoms with Gasteiger partial charge in [0.05, 0.1) is 52.7 Å². The Bertz CT molecular complexity index is 4290. The molecule has 4 aromatic carbocycles. The minimum atomic E-state index is -4.49. The van der Waals surface area contributed by atoms with E-state index in [-0.39, 0.29) is 186 Å². The molecule has 0 spiro atoms. The zero-order chi connectivity index (χ0) is 76.5. The van der Waals surface area contributed by atoms with Gasteiger partial charge in [0.25, 0.3) is 30.4 Å². The minimum absolute atomic E-state index is 0. The molecular weight excluding hydrogens is 1580 g/mol. The zero-order valence-electron chi connectivity index (χ0n) is 60.9. The molecule has 1 saturated heterocycles. The molecule has 586 valence electrons. The molecule has 0 aliphatic carbocycles. The Morgan fingerprint density at radius 1 is 0.585 bits per heavy atom. The summed E-state index contributed by atoms with van der Waals surface area (Å²) in [5.41, 5.74) is 15.7. The van der Waals surface area contributed by atoms with E-state index in [0.29, 0.717) is 68.8 Å². The molecule has 3 aliphatic heterocycles. The van der Waals surface area contributed by atoms with E-state index < -0.39 is 88.2 Å². The van der Waals surface area contributed by atoms with Crippen LogP contribution in [0.15, 0.2) is 107 Å². The monoisotopic (exact) mass is 1680 g/mol. The van der Waals surface area contributed by atoms with Gasteiger partial charge in [0.2, 0.25) is 29.3 Å². The van der Waals surface area contributed by atoms with Gasteiger partial charge in [0, 0.05) is 159 Å². The van der Waals surface area contributed by atoms with Crippen molar-refractivity contribution in [2.75, 3.05) is 110 Å². The first-order chi connectivity index (χ1) is 48.9. The van der Waals surface area contributed by atoms with Crippen LogP contribution in [0.5, 0.6) is 0 Å². The van der Waals surface area contributed by atoms with Crippen molar-refractivity contribution in [3.63, 3.8) is 0 Å². The maximum Gasteiger partial charge on any atom is 0.317 e. The Hall–Kier alpha value is -6.77. The minimum Gasteiger partial charge on any atom is -0.480 e. The normalized spacial score (nSPS) is 17.6. The maximum atomic E-state index is 13.2. The maximum absolute atomic E-state index is 13.2. The average Bonchev–Trinajstić information content (AvgIpc) is 1.57. The summed E-state index contributed by atoms with van der Waals surface area (Å²) in [5.74, 6) is -5.00. The molecule has 30 nitrogen and oxygen atoms in total. The van der Waals surface area contributed by atoms with Crippen molar-refractivity contribution >= 4 is 111 Å². The summed E-state index contributed by atoms with van der Waals surface area (Å²) in [6.45, 7) is 12.0. The SMILES string of the molecule is CC(CCN1C(=CC=CC=CC2=[N+](CCCCCC(=O)NCCCCC(N)C(=O)N[C@@H](CCCCNC(=O)CN3CCN(CC(=O)O)CCN(CC(=O)O)CCN(CC(=O)O)CC3)C(N)=O)c3ccc4cc(S(=O)(=O)O)ccc4c3C2(C)C)C(C)(C)c2c1ccc1cc(S(=O)(=O)O)ccc21)S(=O)(=O)O.[CH3-].[Gd]. The molecule has 13 N–H and O–H groups in total. The number of rotatable bonds is 36. The van der Waals surface area contributed by atoms with E-state index in [1.54, 1.807) is 37.8 Å². The summed E-state index contributed by atoms with van der Waals surface area (Å²) in [6.07, 6.45) is 14.2. The van der Waals surface area contributed by atoms with Gasteiger partial charge in [-0.2, -0.15) is 29.8 Å². The summed E-state index contributed by atoms with van der Waals surface area (Å²) in [7, 11) is -13.3. The van der Waals surface area contributed by atoms with Gasteiger partial charge in [0.1, 0.15) is 12.6 Å². The fourth-order valence-electron chi connectivity index (χ4n) is 13.7. The van der Waals surface area contributed by atoms with Crippen molar-refractivity contribution in [2.24, 2.45) is 11.5 Å². The number of nitrogens with zero attached hydrogens (tertiary/aromatic N) is 6. The van der Waals surface area contributed by atoms with Crippen LogP contribution in [0.2, 0.25) is 0 Å². The Morgan fingerprint density at radius 3 is 1.58 bits per heavy atom. The molecule has 0 radical (unpaired) electrons. The van der Waals surface area contributed by atoms with Gasteiger partial charge in [0.15, 0.2) is 5.71 Å². The van der Waals surface area contributed by atoms with Gasteiger partial charge in [-0.25, -0.2) is 0 Å². The zero-order valence-corrected chi connectivity index (χ0v) is 65.6. The van der Waals surface area contributed by atoms with Gasteiger partial charge in [-0.3, -0.25) is 66.8 Å². The molecular formula is C72H103GdN11O19S3. The van der Waals surface area contributed by atoms with Crippen molar-refractivity contribution < 1.29 is 132 Å². The number of fused-ring (bicyclic) bond motifs is 6. The second-order valence-corrected chi connectivity index (χ2v) is 32.5. The van der Waals surface area contributed by atoms with Crippen molar-refractivity contribution in [3.8, 4) is 0 Å². The Kier molecular flexibility index (Phi) is 34.0. The van der Waals surface area contributed by atoms with Gasteiger partial charge < -0.3 is 55.1 Å². The molecule has 1 fully saturated rings. The smallest absolute Gasteiger partial charge is 0.317 e. The fourth-order valence-corrected chi connectivity index (χ4v) is 15.2. The third-order valence-corrected chi connectivity index (χ3v) is 22.3. The number of carboxylic acid groups (broad SMARTS) is 3. The fraction of sp³-hybridized carbons (Fsp3) is 0.514. The number of primary amides is 1. The molecule has 0 bridgehead atoms. The van der Waals surface area contributed by atoms with E-state index in [9.17, 15) is 87.8 Å². The van der Waals surface area contributed by atoms with E-state index in [0.717, 1.165) is 44.7 Å². The Morgan fingerprint density at radius 2 is 1.08 bits per heavy atom. The van der Waals surface area contributed by atoms with Gasteiger partial charge in [-0.05, 0) is 148 Å². The van der Waals surface area contributed by atoms with Crippen LogP contribution >= 0.6 is 0 Å². The summed E-state index contributed by atoms with van der Waals surface area (Å²) in [4.78, 5) is 94.8. The molecule has 3 aliphatic rings. The van der Waals surface area contributed by atoms with Crippen LogP contribution < -0.4 is 32.3 Å². The predicted molar refractivity (Wildman–Crippen MR) is 399 cm³/mol. The van der Waals surface area contributed by atoms with Crippen LogP contribution in [0.3, 0.4) is 0 Å². The first kappa shape index (κ1) is 89.9. The average molecular weight is 1680 g/mol. The number of anilines is 1. The largest absolute Gasteiger partial charge is 0.480 e. The molecule has 3 atom stereocenters. The van der Waals surface area contributed by atoms with E-state index in [4.69, 9.17) is 11.5 Å². The van der Waals surface area contributed by atoms with Crippen LogP contribution in [-0.2, 0) is 74.7 Å². The second kappa shape index (κ2) is 40.1. The number of benzene rings is 4. The second-order valence-electron chi connectivity index (χ2n) is 27.8. The summed E-state index contributed by atoms with van der Waals surface area (Å²) in [6, 6.07) is 14.2. The number of hydrogen-bond donors (Lipinski definition) is 11. The van der Waals surface area contributed by atoms with Crippen molar-refractivity contribution in [1.29, 1.82) is 0 Å². The van der Waals surface area contributed by atoms with E-state index in [1.807, 2.05) is 67.3 Å². The van der Waals surface area contributed by atoms with Gasteiger partial charge in [-0.15, -0.1) is 0 Å². The van der Waals surface area contributed by atoms with E-state index in [1.165, 1.54) is 31.2 Å². The van der Waals surface area contributed by atoms with E-state index >= 15 is 0 Å². The van der Waals surface area contributed by atoms with E-state index in [2.05, 4.69) is 34.4 Å². The van der Waals surface area contributed by atoms with Crippen LogP contribution in [0.25, 0.3) is 21.5 Å². The third kappa shape index (κ3) is 25.4. The number of aliphatic carboxylic acids is 3. The number of carbonyl (C=O) groups excluding carboxylic acids is 4. The third-order valence-electron chi connectivity index (χ3n) is 19.4. The Labute approximate surface area is 653 Å². The summed E-state index contributed by atoms with van der Waals surface area (Å²) >= 11 is 0. The van der Waals surface area contributed by atoms with Crippen molar-refractivity contribution in [3.05, 3.63) is 115 Å². The number of carbonyl (C=O) groups is 7. The van der Waals surface area contributed by atoms with Gasteiger partial charge in [-0.1, -0.05) is 50.3 Å².